The van der Waals surface area contributed by atoms with Gasteiger partial charge < -0.3 is 5.32 Å². The van der Waals surface area contributed by atoms with E-state index in [0.717, 1.165) is 55.6 Å². The second-order valence-corrected chi connectivity index (χ2v) is 7.29. The van der Waals surface area contributed by atoms with Gasteiger partial charge in [-0.2, -0.15) is 13.2 Å². The van der Waals surface area contributed by atoms with Crippen molar-refractivity contribution in [3.8, 4) is 0 Å². The molecule has 4 nitrogen and oxygen atoms in total. The van der Waals surface area contributed by atoms with Gasteiger partial charge in [0.2, 0.25) is 0 Å². The van der Waals surface area contributed by atoms with Crippen LogP contribution >= 0.6 is 11.3 Å². The first-order valence-electron chi connectivity index (χ1n) is 8.39. The highest BCUT2D eigenvalue weighted by Gasteiger charge is 2.33. The molecule has 0 spiro atoms. The summed E-state index contributed by atoms with van der Waals surface area (Å²) in [5.74, 6) is 0. The van der Waals surface area contributed by atoms with Gasteiger partial charge in [-0.3, -0.25) is 9.88 Å². The molecule has 2 aromatic heterocycles. The van der Waals surface area contributed by atoms with Crippen LogP contribution in [-0.2, 0) is 19.3 Å². The lowest BCUT2D eigenvalue weighted by Crippen LogP contribution is -2.35. The molecule has 0 aliphatic carbocycles. The first-order chi connectivity index (χ1) is 12.0. The van der Waals surface area contributed by atoms with Crippen LogP contribution in [-0.4, -0.2) is 34.0 Å². The van der Waals surface area contributed by atoms with Crippen molar-refractivity contribution in [2.45, 2.75) is 44.6 Å². The number of hydrogen-bond acceptors (Lipinski definition) is 5. The summed E-state index contributed by atoms with van der Waals surface area (Å²) in [6.07, 6.45) is 1.42. The molecule has 0 saturated carbocycles. The molecule has 1 unspecified atom stereocenters. The summed E-state index contributed by atoms with van der Waals surface area (Å²) in [6.45, 7) is 2.95. The summed E-state index contributed by atoms with van der Waals surface area (Å²) in [6, 6.07) is 6.06. The van der Waals surface area contributed by atoms with Crippen molar-refractivity contribution in [1.82, 2.24) is 20.2 Å². The van der Waals surface area contributed by atoms with Crippen LogP contribution in [0.1, 0.15) is 34.8 Å². The molecule has 136 valence electrons. The monoisotopic (exact) mass is 370 g/mol. The summed E-state index contributed by atoms with van der Waals surface area (Å²) in [7, 11) is 0. The molecule has 2 aromatic rings. The van der Waals surface area contributed by atoms with E-state index in [1.807, 2.05) is 18.2 Å². The predicted molar refractivity (Wildman–Crippen MR) is 91.1 cm³/mol. The van der Waals surface area contributed by atoms with E-state index in [9.17, 15) is 13.2 Å². The van der Waals surface area contributed by atoms with Gasteiger partial charge in [0.25, 0.3) is 0 Å². The van der Waals surface area contributed by atoms with Crippen molar-refractivity contribution in [3.63, 3.8) is 0 Å². The zero-order chi connectivity index (χ0) is 17.7. The number of aromatic nitrogens is 2. The smallest absolute Gasteiger partial charge is 0.317 e. The number of rotatable bonds is 5. The molecular formula is C17H21F3N4S. The molecule has 25 heavy (non-hydrogen) atoms. The maximum Gasteiger partial charge on any atom is 0.427 e. The fraction of sp³-hybridized carbons (Fsp3) is 0.529. The van der Waals surface area contributed by atoms with E-state index in [-0.39, 0.29) is 0 Å². The molecule has 1 aliphatic heterocycles. The Hall–Kier alpha value is -1.51. The van der Waals surface area contributed by atoms with Gasteiger partial charge in [-0.05, 0) is 44.5 Å². The van der Waals surface area contributed by atoms with Crippen LogP contribution in [0.25, 0.3) is 0 Å². The minimum Gasteiger partial charge on any atom is -0.317 e. The summed E-state index contributed by atoms with van der Waals surface area (Å²) in [5.41, 5.74) is 0.923. The topological polar surface area (TPSA) is 41.1 Å². The normalized spacial score (nSPS) is 19.1. The van der Waals surface area contributed by atoms with Gasteiger partial charge >= 0.3 is 6.18 Å². The molecule has 8 heteroatoms. The number of nitrogens with zero attached hydrogens (tertiary/aromatic N) is 3. The van der Waals surface area contributed by atoms with E-state index in [4.69, 9.17) is 0 Å². The molecule has 1 aliphatic rings. The summed E-state index contributed by atoms with van der Waals surface area (Å²) in [4.78, 5) is 9.95. The highest BCUT2D eigenvalue weighted by molar-refractivity contribution is 7.11. The zero-order valence-electron chi connectivity index (χ0n) is 13.8. The average molecular weight is 370 g/mol. The van der Waals surface area contributed by atoms with Gasteiger partial charge in [0.15, 0.2) is 0 Å². The lowest BCUT2D eigenvalue weighted by Gasteiger charge is -2.30. The lowest BCUT2D eigenvalue weighted by atomic mass is 10.1. The van der Waals surface area contributed by atoms with Crippen molar-refractivity contribution >= 4 is 11.3 Å². The summed E-state index contributed by atoms with van der Waals surface area (Å²) < 4.78 is 38.5. The highest BCUT2D eigenvalue weighted by atomic mass is 32.1. The van der Waals surface area contributed by atoms with Crippen LogP contribution in [0, 0.1) is 0 Å². The van der Waals surface area contributed by atoms with Crippen LogP contribution in [0.4, 0.5) is 13.2 Å². The van der Waals surface area contributed by atoms with Crippen LogP contribution in [0.15, 0.2) is 30.6 Å². The second kappa shape index (κ2) is 8.25. The molecule has 0 aromatic carbocycles. The summed E-state index contributed by atoms with van der Waals surface area (Å²) in [5, 5.41) is 3.88. The van der Waals surface area contributed by atoms with E-state index >= 15 is 0 Å². The van der Waals surface area contributed by atoms with Crippen molar-refractivity contribution in [2.24, 2.45) is 0 Å². The van der Waals surface area contributed by atoms with Gasteiger partial charge in [-0.15, -0.1) is 11.3 Å². The van der Waals surface area contributed by atoms with E-state index in [1.54, 1.807) is 6.20 Å². The first-order valence-corrected chi connectivity index (χ1v) is 9.20. The largest absolute Gasteiger partial charge is 0.427 e. The van der Waals surface area contributed by atoms with Crippen molar-refractivity contribution in [1.29, 1.82) is 0 Å². The Morgan fingerprint density at radius 1 is 1.16 bits per heavy atom. The average Bonchev–Trinajstić information content (AvgIpc) is 2.89. The van der Waals surface area contributed by atoms with Gasteiger partial charge in [0.1, 0.15) is 9.88 Å². The Morgan fingerprint density at radius 2 is 2.04 bits per heavy atom. The van der Waals surface area contributed by atoms with E-state index in [0.29, 0.717) is 24.1 Å². The van der Waals surface area contributed by atoms with E-state index < -0.39 is 11.1 Å². The number of pyridine rings is 1. The second-order valence-electron chi connectivity index (χ2n) is 6.18. The van der Waals surface area contributed by atoms with Crippen LogP contribution in [0.2, 0.25) is 0 Å². The number of hydrogen-bond donors (Lipinski definition) is 1. The molecular weight excluding hydrogens is 349 g/mol. The Labute approximate surface area is 149 Å². The lowest BCUT2D eigenvalue weighted by molar-refractivity contribution is -0.134. The highest BCUT2D eigenvalue weighted by Crippen LogP contribution is 2.34. The van der Waals surface area contributed by atoms with Crippen LogP contribution < -0.4 is 5.32 Å². The molecule has 0 amide bonds. The molecule has 1 N–H and O–H groups in total. The van der Waals surface area contributed by atoms with E-state index in [1.165, 1.54) is 0 Å². The van der Waals surface area contributed by atoms with Gasteiger partial charge in [-0.1, -0.05) is 6.07 Å². The Morgan fingerprint density at radius 3 is 2.76 bits per heavy atom. The number of alkyl halides is 3. The van der Waals surface area contributed by atoms with E-state index in [2.05, 4.69) is 20.2 Å². The Balaban J connectivity index is 1.76. The van der Waals surface area contributed by atoms with Gasteiger partial charge in [0, 0.05) is 18.8 Å². The van der Waals surface area contributed by atoms with Gasteiger partial charge in [-0.25, -0.2) is 4.98 Å². The van der Waals surface area contributed by atoms with Crippen molar-refractivity contribution in [2.75, 3.05) is 13.1 Å². The third kappa shape index (κ3) is 5.23. The fourth-order valence-corrected chi connectivity index (χ4v) is 3.88. The fourth-order valence-electron chi connectivity index (χ4n) is 3.07. The molecule has 1 fully saturated rings. The molecule has 0 radical (unpaired) electrons. The van der Waals surface area contributed by atoms with Crippen LogP contribution in [0.3, 0.4) is 0 Å². The zero-order valence-corrected chi connectivity index (χ0v) is 14.6. The van der Waals surface area contributed by atoms with Crippen molar-refractivity contribution < 1.29 is 13.2 Å². The van der Waals surface area contributed by atoms with Gasteiger partial charge in [0.05, 0.1) is 18.4 Å². The number of nitrogens with one attached hydrogen (secondary N) is 1. The molecule has 3 heterocycles. The molecule has 0 bridgehead atoms. The third-order valence-corrected chi connectivity index (χ3v) is 5.35. The molecule has 1 atom stereocenters. The predicted octanol–water partition coefficient (Wildman–Crippen LogP) is 3.70. The SMILES string of the molecule is FC(F)(F)c1cnc(CN(Cc2ccccn2)C2CCCNCC2)s1. The third-order valence-electron chi connectivity index (χ3n) is 4.32. The molecule has 3 rings (SSSR count). The van der Waals surface area contributed by atoms with Crippen LogP contribution in [0.5, 0.6) is 0 Å². The Kier molecular flexibility index (Phi) is 6.03. The molecule has 1 saturated heterocycles. The maximum absolute atomic E-state index is 12.8. The first kappa shape index (κ1) is 18.3. The number of halogens is 3. The van der Waals surface area contributed by atoms with Crippen molar-refractivity contribution in [3.05, 3.63) is 46.2 Å². The minimum absolute atomic E-state index is 0.315. The standard InChI is InChI=1S/C17H21F3N4S/c18-17(19,20)15-10-23-16(25-15)12-24(11-13-4-1-2-8-22-13)14-5-3-7-21-9-6-14/h1-2,4,8,10,14,21H,3,5-7,9,11-12H2. The maximum atomic E-state index is 12.8. The quantitative estimate of drug-likeness (QED) is 0.871. The minimum atomic E-state index is -4.33. The summed E-state index contributed by atoms with van der Waals surface area (Å²) >= 11 is 0.734. The number of thiazole rings is 1. The Bertz CT molecular complexity index is 651.